The quantitative estimate of drug-likeness (QED) is 0.290. The summed E-state index contributed by atoms with van der Waals surface area (Å²) in [4.78, 5) is 15.3. The first-order valence-electron chi connectivity index (χ1n) is 6.05. The summed E-state index contributed by atoms with van der Waals surface area (Å²) in [5.41, 5.74) is 4.97. The first-order valence-corrected chi connectivity index (χ1v) is 6.05. The van der Waals surface area contributed by atoms with Gasteiger partial charge in [-0.25, -0.2) is 4.79 Å². The van der Waals surface area contributed by atoms with Crippen LogP contribution in [0.2, 0.25) is 0 Å². The number of amides is 1. The van der Waals surface area contributed by atoms with Crippen LogP contribution < -0.4 is 11.6 Å². The standard InChI is InChI=1S/C11H22N6O2.ClH/c1-11(2,3)19-10(18)17-5-4-16(7-15-14)6-8(17)9(12)13;/h7-8H,4-6,14H2,1-3H3,(H3,12,13);1H. The molecule has 1 atom stereocenters. The third-order valence-corrected chi connectivity index (χ3v) is 2.63. The Morgan fingerprint density at radius 1 is 1.45 bits per heavy atom. The molecule has 0 saturated carbocycles. The highest BCUT2D eigenvalue weighted by atomic mass is 35.5. The summed E-state index contributed by atoms with van der Waals surface area (Å²) in [7, 11) is 0. The summed E-state index contributed by atoms with van der Waals surface area (Å²) in [6.45, 7) is 6.76. The minimum Gasteiger partial charge on any atom is -0.444 e. The normalized spacial score (nSPS) is 19.6. The van der Waals surface area contributed by atoms with Crippen LogP contribution in [0.1, 0.15) is 20.8 Å². The van der Waals surface area contributed by atoms with Gasteiger partial charge in [0.1, 0.15) is 23.8 Å². The predicted molar refractivity (Wildman–Crippen MR) is 80.1 cm³/mol. The number of piperazine rings is 1. The van der Waals surface area contributed by atoms with Gasteiger partial charge in [0.2, 0.25) is 0 Å². The molecule has 1 aliphatic rings. The van der Waals surface area contributed by atoms with Crippen LogP contribution in [0.15, 0.2) is 5.10 Å². The molecular formula is C11H23ClN6O2. The highest BCUT2D eigenvalue weighted by Crippen LogP contribution is 2.15. The van der Waals surface area contributed by atoms with E-state index in [0.29, 0.717) is 19.6 Å². The van der Waals surface area contributed by atoms with E-state index in [4.69, 9.17) is 21.7 Å². The smallest absolute Gasteiger partial charge is 0.411 e. The Morgan fingerprint density at radius 2 is 2.05 bits per heavy atom. The van der Waals surface area contributed by atoms with Crippen molar-refractivity contribution in [3.8, 4) is 0 Å². The van der Waals surface area contributed by atoms with Crippen LogP contribution in [0.5, 0.6) is 0 Å². The fourth-order valence-electron chi connectivity index (χ4n) is 1.81. The number of carbonyl (C=O) groups is 1. The zero-order chi connectivity index (χ0) is 14.6. The van der Waals surface area contributed by atoms with Crippen LogP contribution >= 0.6 is 12.4 Å². The third kappa shape index (κ3) is 5.12. The number of hydrogen-bond acceptors (Lipinski definition) is 5. The van der Waals surface area contributed by atoms with Gasteiger partial charge in [0.15, 0.2) is 0 Å². The van der Waals surface area contributed by atoms with Gasteiger partial charge in [0.05, 0.1) is 0 Å². The second-order valence-corrected chi connectivity index (χ2v) is 5.40. The average Bonchev–Trinajstić information content (AvgIpc) is 2.26. The van der Waals surface area contributed by atoms with Crippen molar-refractivity contribution in [1.29, 1.82) is 5.41 Å². The van der Waals surface area contributed by atoms with E-state index in [1.165, 1.54) is 11.2 Å². The monoisotopic (exact) mass is 306 g/mol. The van der Waals surface area contributed by atoms with Gasteiger partial charge >= 0.3 is 6.09 Å². The van der Waals surface area contributed by atoms with E-state index >= 15 is 0 Å². The van der Waals surface area contributed by atoms with E-state index in [-0.39, 0.29) is 18.2 Å². The number of nitrogens with two attached hydrogens (primary N) is 2. The molecule has 1 saturated heterocycles. The van der Waals surface area contributed by atoms with Gasteiger partial charge in [-0.05, 0) is 20.8 Å². The van der Waals surface area contributed by atoms with Crippen LogP contribution in [0, 0.1) is 5.41 Å². The first kappa shape index (κ1) is 18.3. The van der Waals surface area contributed by atoms with Gasteiger partial charge in [-0.3, -0.25) is 10.3 Å². The van der Waals surface area contributed by atoms with Crippen LogP contribution in [-0.2, 0) is 4.74 Å². The van der Waals surface area contributed by atoms with E-state index in [1.54, 1.807) is 20.8 Å². The zero-order valence-corrected chi connectivity index (χ0v) is 12.8. The average molecular weight is 307 g/mol. The Labute approximate surface area is 125 Å². The Bertz CT molecular complexity index is 382. The van der Waals surface area contributed by atoms with E-state index in [1.807, 2.05) is 4.90 Å². The maximum atomic E-state index is 12.1. The molecule has 0 aliphatic carbocycles. The molecule has 1 rings (SSSR count). The molecule has 0 radical (unpaired) electrons. The largest absolute Gasteiger partial charge is 0.444 e. The predicted octanol–water partition coefficient (Wildman–Crippen LogP) is 0.167. The molecule has 0 aromatic rings. The van der Waals surface area contributed by atoms with E-state index in [0.717, 1.165) is 0 Å². The highest BCUT2D eigenvalue weighted by Gasteiger charge is 2.34. The number of ether oxygens (including phenoxy) is 1. The molecule has 116 valence electrons. The summed E-state index contributed by atoms with van der Waals surface area (Å²) in [6, 6.07) is -0.526. The summed E-state index contributed by atoms with van der Waals surface area (Å²) >= 11 is 0. The number of rotatable bonds is 2. The van der Waals surface area contributed by atoms with Gasteiger partial charge in [-0.15, -0.1) is 12.4 Å². The number of amidine groups is 1. The number of hydrogen-bond donors (Lipinski definition) is 3. The number of carbonyl (C=O) groups excluding carboxylic acids is 1. The zero-order valence-electron chi connectivity index (χ0n) is 12.0. The van der Waals surface area contributed by atoms with Crippen LogP contribution in [0.25, 0.3) is 0 Å². The molecule has 8 nitrogen and oxygen atoms in total. The fourth-order valence-corrected chi connectivity index (χ4v) is 1.81. The second kappa shape index (κ2) is 7.18. The Balaban J connectivity index is 0.00000361. The molecule has 1 aliphatic heterocycles. The Morgan fingerprint density at radius 3 is 2.50 bits per heavy atom. The lowest BCUT2D eigenvalue weighted by atomic mass is 10.1. The SMILES string of the molecule is CC(C)(C)OC(=O)N1CCN(C=NN)CC1C(=N)N.Cl. The second-order valence-electron chi connectivity index (χ2n) is 5.40. The minimum absolute atomic E-state index is 0. The summed E-state index contributed by atoms with van der Waals surface area (Å²) in [5, 5.41) is 11.0. The maximum Gasteiger partial charge on any atom is 0.411 e. The van der Waals surface area contributed by atoms with Crippen molar-refractivity contribution in [3.05, 3.63) is 0 Å². The van der Waals surface area contributed by atoms with E-state index < -0.39 is 17.7 Å². The van der Waals surface area contributed by atoms with Crippen molar-refractivity contribution in [1.82, 2.24) is 9.80 Å². The van der Waals surface area contributed by atoms with Gasteiger partial charge in [-0.2, -0.15) is 5.10 Å². The van der Waals surface area contributed by atoms with Crippen LogP contribution in [0.4, 0.5) is 4.79 Å². The van der Waals surface area contributed by atoms with E-state index in [9.17, 15) is 4.79 Å². The number of nitrogens with one attached hydrogen (secondary N) is 1. The fraction of sp³-hybridized carbons (Fsp3) is 0.727. The molecule has 1 unspecified atom stereocenters. The lowest BCUT2D eigenvalue weighted by Gasteiger charge is -2.40. The molecule has 9 heteroatoms. The topological polar surface area (TPSA) is 121 Å². The van der Waals surface area contributed by atoms with Crippen molar-refractivity contribution in [2.45, 2.75) is 32.4 Å². The van der Waals surface area contributed by atoms with Crippen molar-refractivity contribution in [2.24, 2.45) is 16.7 Å². The van der Waals surface area contributed by atoms with Gasteiger partial charge in [0, 0.05) is 19.6 Å². The van der Waals surface area contributed by atoms with Crippen molar-refractivity contribution >= 4 is 30.7 Å². The van der Waals surface area contributed by atoms with Gasteiger partial charge in [0.25, 0.3) is 0 Å². The van der Waals surface area contributed by atoms with Crippen molar-refractivity contribution in [2.75, 3.05) is 19.6 Å². The number of halogens is 1. The third-order valence-electron chi connectivity index (χ3n) is 2.63. The summed E-state index contributed by atoms with van der Waals surface area (Å²) in [5.74, 6) is 5.01. The maximum absolute atomic E-state index is 12.1. The Hall–Kier alpha value is -1.70. The first-order chi connectivity index (χ1) is 8.74. The molecule has 0 aromatic heterocycles. The van der Waals surface area contributed by atoms with E-state index in [2.05, 4.69) is 5.10 Å². The lowest BCUT2D eigenvalue weighted by Crippen LogP contribution is -2.60. The van der Waals surface area contributed by atoms with Gasteiger partial charge in [-0.1, -0.05) is 0 Å². The lowest BCUT2D eigenvalue weighted by molar-refractivity contribution is 0.0131. The number of hydrazone groups is 1. The molecule has 20 heavy (non-hydrogen) atoms. The molecule has 1 fully saturated rings. The summed E-state index contributed by atoms with van der Waals surface area (Å²) < 4.78 is 5.31. The molecular weight excluding hydrogens is 284 g/mol. The van der Waals surface area contributed by atoms with Crippen molar-refractivity contribution < 1.29 is 9.53 Å². The molecule has 0 bridgehead atoms. The molecule has 0 aromatic carbocycles. The highest BCUT2D eigenvalue weighted by molar-refractivity contribution is 5.87. The Kier molecular flexibility index (Phi) is 6.57. The molecule has 1 heterocycles. The molecule has 1 amide bonds. The number of nitrogens with zero attached hydrogens (tertiary/aromatic N) is 3. The molecule has 0 spiro atoms. The van der Waals surface area contributed by atoms with Crippen LogP contribution in [-0.4, -0.2) is 59.3 Å². The summed E-state index contributed by atoms with van der Waals surface area (Å²) in [6.07, 6.45) is 1.01. The van der Waals surface area contributed by atoms with Gasteiger partial charge < -0.3 is 21.2 Å². The van der Waals surface area contributed by atoms with Crippen LogP contribution in [0.3, 0.4) is 0 Å². The van der Waals surface area contributed by atoms with Crippen molar-refractivity contribution in [3.63, 3.8) is 0 Å². The minimum atomic E-state index is -0.575. The molecule has 5 N–H and O–H groups in total.